The van der Waals surface area contributed by atoms with Crippen LogP contribution in [0.15, 0.2) is 29.4 Å². The van der Waals surface area contributed by atoms with Crippen LogP contribution in [-0.2, 0) is 13.1 Å². The van der Waals surface area contributed by atoms with Crippen molar-refractivity contribution in [3.8, 4) is 0 Å². The van der Waals surface area contributed by atoms with E-state index in [2.05, 4.69) is 29.9 Å². The number of hydrogen-bond donors (Lipinski definition) is 1. The largest absolute Gasteiger partial charge is 0.468 e. The summed E-state index contributed by atoms with van der Waals surface area (Å²) in [6.45, 7) is 6.40. The molecule has 1 heterocycles. The van der Waals surface area contributed by atoms with E-state index in [0.717, 1.165) is 31.4 Å². The van der Waals surface area contributed by atoms with Crippen LogP contribution < -0.4 is 5.32 Å². The van der Waals surface area contributed by atoms with Crippen molar-refractivity contribution in [2.75, 3.05) is 13.6 Å². The molecule has 1 aliphatic rings. The van der Waals surface area contributed by atoms with Gasteiger partial charge in [0.15, 0.2) is 0 Å². The molecule has 1 saturated carbocycles. The normalized spacial score (nSPS) is 15.6. The highest BCUT2D eigenvalue weighted by molar-refractivity contribution is 5.17. The van der Waals surface area contributed by atoms with Crippen LogP contribution in [0.4, 0.5) is 0 Å². The Morgan fingerprint density at radius 3 is 3.12 bits per heavy atom. The third-order valence-electron chi connectivity index (χ3n) is 2.85. The molecule has 0 atom stereocenters. The Balaban J connectivity index is 1.86. The van der Waals surface area contributed by atoms with Crippen molar-refractivity contribution >= 4 is 0 Å². The van der Waals surface area contributed by atoms with E-state index in [4.69, 9.17) is 4.42 Å². The highest BCUT2D eigenvalue weighted by atomic mass is 16.3. The van der Waals surface area contributed by atoms with E-state index < -0.39 is 0 Å². The predicted molar refractivity (Wildman–Crippen MR) is 65.1 cm³/mol. The number of nitrogens with zero attached hydrogens (tertiary/aromatic N) is 1. The number of furan rings is 1. The van der Waals surface area contributed by atoms with Crippen LogP contribution in [0, 0.1) is 0 Å². The van der Waals surface area contributed by atoms with Gasteiger partial charge in [-0.05, 0) is 26.0 Å². The zero-order valence-electron chi connectivity index (χ0n) is 9.91. The molecule has 3 nitrogen and oxygen atoms in total. The minimum absolute atomic E-state index is 0.744. The van der Waals surface area contributed by atoms with Gasteiger partial charge in [-0.2, -0.15) is 0 Å². The molecule has 0 saturated heterocycles. The van der Waals surface area contributed by atoms with E-state index in [1.165, 1.54) is 18.4 Å². The molecule has 2 rings (SSSR count). The first-order chi connectivity index (χ1) is 7.79. The lowest BCUT2D eigenvalue weighted by molar-refractivity contribution is 0.320. The zero-order chi connectivity index (χ0) is 11.4. The number of rotatable bonds is 7. The first-order valence-corrected chi connectivity index (χ1v) is 5.87. The lowest BCUT2D eigenvalue weighted by atomic mass is 10.2. The summed E-state index contributed by atoms with van der Waals surface area (Å²) in [5, 5.41) is 3.51. The third kappa shape index (κ3) is 3.22. The van der Waals surface area contributed by atoms with Gasteiger partial charge in [-0.25, -0.2) is 0 Å². The Morgan fingerprint density at radius 2 is 2.44 bits per heavy atom. The van der Waals surface area contributed by atoms with Crippen molar-refractivity contribution in [1.29, 1.82) is 0 Å². The Morgan fingerprint density at radius 1 is 1.62 bits per heavy atom. The number of hydrogen-bond acceptors (Lipinski definition) is 3. The molecule has 1 fully saturated rings. The molecule has 0 aromatic carbocycles. The second-order valence-corrected chi connectivity index (χ2v) is 4.51. The lowest BCUT2D eigenvalue weighted by Crippen LogP contribution is -2.20. The Labute approximate surface area is 97.1 Å². The fourth-order valence-electron chi connectivity index (χ4n) is 1.74. The van der Waals surface area contributed by atoms with Crippen molar-refractivity contribution in [1.82, 2.24) is 10.2 Å². The summed E-state index contributed by atoms with van der Waals surface area (Å²) in [4.78, 5) is 2.19. The molecule has 16 heavy (non-hydrogen) atoms. The summed E-state index contributed by atoms with van der Waals surface area (Å²) in [6.07, 6.45) is 6.33. The topological polar surface area (TPSA) is 28.4 Å². The van der Waals surface area contributed by atoms with E-state index in [-0.39, 0.29) is 0 Å². The molecule has 0 unspecified atom stereocenters. The monoisotopic (exact) mass is 220 g/mol. The highest BCUT2D eigenvalue weighted by Gasteiger charge is 2.20. The third-order valence-corrected chi connectivity index (χ3v) is 2.85. The molecule has 3 heteroatoms. The van der Waals surface area contributed by atoms with Gasteiger partial charge in [0.2, 0.25) is 0 Å². The smallest absolute Gasteiger partial charge is 0.122 e. The molecule has 88 valence electrons. The van der Waals surface area contributed by atoms with Gasteiger partial charge in [0.25, 0.3) is 0 Å². The van der Waals surface area contributed by atoms with Crippen molar-refractivity contribution in [2.45, 2.75) is 32.0 Å². The van der Waals surface area contributed by atoms with Crippen LogP contribution in [0.25, 0.3) is 0 Å². The van der Waals surface area contributed by atoms with Crippen molar-refractivity contribution in [3.05, 3.63) is 36.3 Å². The van der Waals surface area contributed by atoms with Crippen LogP contribution in [0.3, 0.4) is 0 Å². The van der Waals surface area contributed by atoms with Crippen molar-refractivity contribution in [3.63, 3.8) is 0 Å². The number of likely N-dealkylation sites (N-methyl/N-ethyl adjacent to an activating group) is 1. The summed E-state index contributed by atoms with van der Waals surface area (Å²) in [5.74, 6) is 1.07. The molecule has 1 aromatic rings. The quantitative estimate of drug-likeness (QED) is 0.714. The van der Waals surface area contributed by atoms with Crippen LogP contribution in [0.5, 0.6) is 0 Å². The maximum atomic E-state index is 5.52. The highest BCUT2D eigenvalue weighted by Crippen LogP contribution is 2.20. The van der Waals surface area contributed by atoms with Crippen LogP contribution in [0.2, 0.25) is 0 Å². The Hall–Kier alpha value is -1.06. The standard InChI is InChI=1S/C13H20N2O/c1-3-7-15(2)10-13-11(6-8-16-13)9-14-12-4-5-12/h3,6,8,12,14H,1,4-5,7,9-10H2,2H3. The average molecular weight is 220 g/mol. The molecule has 1 aliphatic carbocycles. The first-order valence-electron chi connectivity index (χ1n) is 5.87. The molecule has 1 aromatic heterocycles. The van der Waals surface area contributed by atoms with Gasteiger partial charge >= 0.3 is 0 Å². The first kappa shape index (κ1) is 11.4. The van der Waals surface area contributed by atoms with E-state index in [1.807, 2.05) is 6.08 Å². The summed E-state index contributed by atoms with van der Waals surface area (Å²) < 4.78 is 5.52. The molecular weight excluding hydrogens is 200 g/mol. The molecule has 0 aliphatic heterocycles. The van der Waals surface area contributed by atoms with Gasteiger partial charge in [0.05, 0.1) is 12.8 Å². The zero-order valence-corrected chi connectivity index (χ0v) is 9.91. The minimum atomic E-state index is 0.744. The van der Waals surface area contributed by atoms with E-state index in [0.29, 0.717) is 0 Å². The van der Waals surface area contributed by atoms with Gasteiger partial charge in [-0.3, -0.25) is 4.90 Å². The summed E-state index contributed by atoms with van der Waals surface area (Å²) in [7, 11) is 2.07. The van der Waals surface area contributed by atoms with Crippen molar-refractivity contribution < 1.29 is 4.42 Å². The second kappa shape index (κ2) is 5.32. The maximum Gasteiger partial charge on any atom is 0.122 e. The molecule has 0 spiro atoms. The van der Waals surface area contributed by atoms with E-state index in [1.54, 1.807) is 6.26 Å². The lowest BCUT2D eigenvalue weighted by Gasteiger charge is -2.13. The minimum Gasteiger partial charge on any atom is -0.468 e. The van der Waals surface area contributed by atoms with Gasteiger partial charge in [-0.1, -0.05) is 6.08 Å². The predicted octanol–water partition coefficient (Wildman–Crippen LogP) is 2.15. The van der Waals surface area contributed by atoms with Crippen LogP contribution in [-0.4, -0.2) is 24.5 Å². The molecule has 0 amide bonds. The van der Waals surface area contributed by atoms with Gasteiger partial charge < -0.3 is 9.73 Å². The van der Waals surface area contributed by atoms with Gasteiger partial charge in [0.1, 0.15) is 5.76 Å². The molecule has 1 N–H and O–H groups in total. The fourth-order valence-corrected chi connectivity index (χ4v) is 1.74. The SMILES string of the molecule is C=CCN(C)Cc1occc1CNC1CC1. The molecule has 0 bridgehead atoms. The van der Waals surface area contributed by atoms with E-state index >= 15 is 0 Å². The van der Waals surface area contributed by atoms with Crippen LogP contribution in [0.1, 0.15) is 24.2 Å². The summed E-state index contributed by atoms with van der Waals surface area (Å²) in [6, 6.07) is 2.81. The molecule has 0 radical (unpaired) electrons. The molecular formula is C13H20N2O. The Bertz CT molecular complexity index is 341. The second-order valence-electron chi connectivity index (χ2n) is 4.51. The van der Waals surface area contributed by atoms with E-state index in [9.17, 15) is 0 Å². The number of nitrogens with one attached hydrogen (secondary N) is 1. The van der Waals surface area contributed by atoms with Crippen molar-refractivity contribution in [2.24, 2.45) is 0 Å². The van der Waals surface area contributed by atoms with Crippen LogP contribution >= 0.6 is 0 Å². The summed E-state index contributed by atoms with van der Waals surface area (Å²) >= 11 is 0. The van der Waals surface area contributed by atoms with Gasteiger partial charge in [0, 0.05) is 24.7 Å². The fraction of sp³-hybridized carbons (Fsp3) is 0.538. The average Bonchev–Trinajstić information content (AvgIpc) is 2.98. The Kier molecular flexibility index (Phi) is 3.80. The van der Waals surface area contributed by atoms with Gasteiger partial charge in [-0.15, -0.1) is 6.58 Å². The summed E-state index contributed by atoms with van der Waals surface area (Å²) in [5.41, 5.74) is 1.28. The maximum absolute atomic E-state index is 5.52.